The lowest BCUT2D eigenvalue weighted by atomic mass is 10.0. The molecule has 3 unspecified atom stereocenters. The van der Waals surface area contributed by atoms with Crippen LogP contribution in [-0.4, -0.2) is 31.6 Å². The minimum absolute atomic E-state index is 0.336. The van der Waals surface area contributed by atoms with Crippen LogP contribution in [-0.2, 0) is 0 Å². The highest BCUT2D eigenvalue weighted by Gasteiger charge is 2.30. The molecule has 0 radical (unpaired) electrons. The molecule has 18 heavy (non-hydrogen) atoms. The van der Waals surface area contributed by atoms with Crippen LogP contribution in [0.2, 0.25) is 0 Å². The molecule has 1 aromatic rings. The zero-order valence-corrected chi connectivity index (χ0v) is 11.6. The van der Waals surface area contributed by atoms with Gasteiger partial charge in [0, 0.05) is 25.7 Å². The summed E-state index contributed by atoms with van der Waals surface area (Å²) in [5.41, 5.74) is 7.26. The van der Waals surface area contributed by atoms with Gasteiger partial charge in [-0.15, -0.1) is 0 Å². The Morgan fingerprint density at radius 3 is 2.22 bits per heavy atom. The van der Waals surface area contributed by atoms with Crippen LogP contribution in [0.1, 0.15) is 25.5 Å². The summed E-state index contributed by atoms with van der Waals surface area (Å²) in [7, 11) is 1.69. The monoisotopic (exact) mass is 248 g/mol. The van der Waals surface area contributed by atoms with Gasteiger partial charge in [-0.25, -0.2) is 0 Å². The molecule has 3 atom stereocenters. The number of likely N-dealkylation sites (tertiary alicyclic amines) is 1. The molecule has 1 saturated heterocycles. The summed E-state index contributed by atoms with van der Waals surface area (Å²) in [6, 6.07) is 8.62. The van der Waals surface area contributed by atoms with E-state index in [1.807, 2.05) is 12.1 Å². The highest BCUT2D eigenvalue weighted by atomic mass is 16.5. The van der Waals surface area contributed by atoms with Crippen molar-refractivity contribution >= 4 is 0 Å². The lowest BCUT2D eigenvalue weighted by Gasteiger charge is -2.27. The number of methoxy groups -OCH3 is 1. The number of rotatable bonds is 4. The Morgan fingerprint density at radius 2 is 1.78 bits per heavy atom. The molecule has 2 N–H and O–H groups in total. The van der Waals surface area contributed by atoms with Crippen molar-refractivity contribution in [2.24, 2.45) is 17.6 Å². The number of nitrogens with two attached hydrogens (primary N) is 1. The molecular weight excluding hydrogens is 224 g/mol. The first-order chi connectivity index (χ1) is 8.65. The summed E-state index contributed by atoms with van der Waals surface area (Å²) in [5, 5.41) is 0. The molecule has 1 heterocycles. The first kappa shape index (κ1) is 13.4. The van der Waals surface area contributed by atoms with Gasteiger partial charge in [-0.1, -0.05) is 26.0 Å². The van der Waals surface area contributed by atoms with Crippen LogP contribution in [0.3, 0.4) is 0 Å². The molecule has 1 aliphatic rings. The van der Waals surface area contributed by atoms with Gasteiger partial charge in [0.15, 0.2) is 0 Å². The van der Waals surface area contributed by atoms with Crippen LogP contribution in [0.15, 0.2) is 24.3 Å². The second-order valence-corrected chi connectivity index (χ2v) is 5.43. The summed E-state index contributed by atoms with van der Waals surface area (Å²) < 4.78 is 5.20. The predicted octanol–water partition coefficient (Wildman–Crippen LogP) is 2.28. The van der Waals surface area contributed by atoms with E-state index in [1.165, 1.54) is 5.56 Å². The van der Waals surface area contributed by atoms with Crippen LogP contribution >= 0.6 is 0 Å². The van der Waals surface area contributed by atoms with Crippen molar-refractivity contribution < 1.29 is 4.74 Å². The standard InChI is InChI=1S/C15H24N2O/c1-11-9-17(10-12(11)2)15(8-16)13-4-6-14(18-3)7-5-13/h4-7,11-12,15H,8-10,16H2,1-3H3. The minimum atomic E-state index is 0.336. The average Bonchev–Trinajstić information content (AvgIpc) is 2.71. The summed E-state index contributed by atoms with van der Waals surface area (Å²) in [5.74, 6) is 2.42. The fraction of sp³-hybridized carbons (Fsp3) is 0.600. The third-order valence-electron chi connectivity index (χ3n) is 4.18. The van der Waals surface area contributed by atoms with E-state index in [2.05, 4.69) is 30.9 Å². The normalized spacial score (nSPS) is 26.2. The zero-order chi connectivity index (χ0) is 13.1. The largest absolute Gasteiger partial charge is 0.497 e. The molecular formula is C15H24N2O. The molecule has 1 aromatic carbocycles. The molecule has 100 valence electrons. The second-order valence-electron chi connectivity index (χ2n) is 5.43. The van der Waals surface area contributed by atoms with Gasteiger partial charge >= 0.3 is 0 Å². The molecule has 0 bridgehead atoms. The van der Waals surface area contributed by atoms with Crippen LogP contribution in [0.25, 0.3) is 0 Å². The Morgan fingerprint density at radius 1 is 1.22 bits per heavy atom. The van der Waals surface area contributed by atoms with Crippen LogP contribution in [0, 0.1) is 11.8 Å². The van der Waals surface area contributed by atoms with Crippen molar-refractivity contribution in [3.05, 3.63) is 29.8 Å². The summed E-state index contributed by atoms with van der Waals surface area (Å²) >= 11 is 0. The summed E-state index contributed by atoms with van der Waals surface area (Å²) in [6.07, 6.45) is 0. The van der Waals surface area contributed by atoms with Crippen LogP contribution < -0.4 is 10.5 Å². The Hall–Kier alpha value is -1.06. The van der Waals surface area contributed by atoms with E-state index in [1.54, 1.807) is 7.11 Å². The fourth-order valence-electron chi connectivity index (χ4n) is 2.75. The maximum Gasteiger partial charge on any atom is 0.118 e. The van der Waals surface area contributed by atoms with E-state index in [4.69, 9.17) is 10.5 Å². The van der Waals surface area contributed by atoms with Gasteiger partial charge in [-0.2, -0.15) is 0 Å². The lowest BCUT2D eigenvalue weighted by molar-refractivity contribution is 0.240. The maximum absolute atomic E-state index is 5.97. The molecule has 2 rings (SSSR count). The first-order valence-electron chi connectivity index (χ1n) is 6.73. The van der Waals surface area contributed by atoms with Gasteiger partial charge in [-0.3, -0.25) is 4.90 Å². The van der Waals surface area contributed by atoms with Crippen molar-refractivity contribution in [3.63, 3.8) is 0 Å². The smallest absolute Gasteiger partial charge is 0.118 e. The SMILES string of the molecule is COc1ccc(C(CN)N2CC(C)C(C)C2)cc1. The van der Waals surface area contributed by atoms with Crippen LogP contribution in [0.5, 0.6) is 5.75 Å². The quantitative estimate of drug-likeness (QED) is 0.888. The highest BCUT2D eigenvalue weighted by molar-refractivity contribution is 5.29. The van der Waals surface area contributed by atoms with E-state index in [-0.39, 0.29) is 0 Å². The molecule has 0 aliphatic carbocycles. The van der Waals surface area contributed by atoms with E-state index in [0.29, 0.717) is 12.6 Å². The third-order valence-corrected chi connectivity index (χ3v) is 4.18. The van der Waals surface area contributed by atoms with Crippen LogP contribution in [0.4, 0.5) is 0 Å². The number of hydrogen-bond acceptors (Lipinski definition) is 3. The number of nitrogens with zero attached hydrogens (tertiary/aromatic N) is 1. The van der Waals surface area contributed by atoms with Gasteiger partial charge < -0.3 is 10.5 Å². The molecule has 1 fully saturated rings. The van der Waals surface area contributed by atoms with Gasteiger partial charge in [0.2, 0.25) is 0 Å². The van der Waals surface area contributed by atoms with Crippen molar-refractivity contribution in [2.45, 2.75) is 19.9 Å². The van der Waals surface area contributed by atoms with E-state index in [0.717, 1.165) is 30.7 Å². The van der Waals surface area contributed by atoms with E-state index >= 15 is 0 Å². The Bertz CT molecular complexity index is 367. The van der Waals surface area contributed by atoms with Gasteiger partial charge in [-0.05, 0) is 29.5 Å². The number of hydrogen-bond donors (Lipinski definition) is 1. The fourth-order valence-corrected chi connectivity index (χ4v) is 2.75. The second kappa shape index (κ2) is 5.72. The predicted molar refractivity (Wildman–Crippen MR) is 74.7 cm³/mol. The van der Waals surface area contributed by atoms with Crippen molar-refractivity contribution in [2.75, 3.05) is 26.7 Å². The average molecular weight is 248 g/mol. The molecule has 0 saturated carbocycles. The molecule has 0 amide bonds. The zero-order valence-electron chi connectivity index (χ0n) is 11.6. The van der Waals surface area contributed by atoms with E-state index in [9.17, 15) is 0 Å². The Kier molecular flexibility index (Phi) is 4.25. The molecule has 1 aliphatic heterocycles. The molecule has 3 heteroatoms. The third kappa shape index (κ3) is 2.68. The van der Waals surface area contributed by atoms with Gasteiger partial charge in [0.1, 0.15) is 5.75 Å². The Labute approximate surface area is 110 Å². The first-order valence-corrected chi connectivity index (χ1v) is 6.73. The number of ether oxygens (including phenoxy) is 1. The van der Waals surface area contributed by atoms with Gasteiger partial charge in [0.05, 0.1) is 7.11 Å². The minimum Gasteiger partial charge on any atom is -0.497 e. The maximum atomic E-state index is 5.97. The van der Waals surface area contributed by atoms with E-state index < -0.39 is 0 Å². The molecule has 0 spiro atoms. The number of benzene rings is 1. The van der Waals surface area contributed by atoms with Crippen molar-refractivity contribution in [3.8, 4) is 5.75 Å². The topological polar surface area (TPSA) is 38.5 Å². The Balaban J connectivity index is 2.12. The lowest BCUT2D eigenvalue weighted by Crippen LogP contribution is -2.32. The summed E-state index contributed by atoms with van der Waals surface area (Å²) in [6.45, 7) is 7.62. The van der Waals surface area contributed by atoms with Gasteiger partial charge in [0.25, 0.3) is 0 Å². The van der Waals surface area contributed by atoms with Crippen molar-refractivity contribution in [1.82, 2.24) is 4.90 Å². The molecule has 3 nitrogen and oxygen atoms in total. The highest BCUT2D eigenvalue weighted by Crippen LogP contribution is 2.30. The van der Waals surface area contributed by atoms with Crippen molar-refractivity contribution in [1.29, 1.82) is 0 Å². The summed E-state index contributed by atoms with van der Waals surface area (Å²) in [4.78, 5) is 2.51. The molecule has 0 aromatic heterocycles.